The second-order valence-corrected chi connectivity index (χ2v) is 3.88. The first-order chi connectivity index (χ1) is 6.65. The molecule has 14 heavy (non-hydrogen) atoms. The molecule has 0 aliphatic rings. The summed E-state index contributed by atoms with van der Waals surface area (Å²) in [6.45, 7) is 10.3. The number of hydrogen-bond donors (Lipinski definition) is 1. The van der Waals surface area contributed by atoms with Gasteiger partial charge in [-0.3, -0.25) is 0 Å². The summed E-state index contributed by atoms with van der Waals surface area (Å²) in [5.41, 5.74) is 2.53. The van der Waals surface area contributed by atoms with Crippen LogP contribution in [0.2, 0.25) is 0 Å². The Kier molecular flexibility index (Phi) is 3.90. The van der Waals surface area contributed by atoms with Crippen LogP contribution in [0.3, 0.4) is 0 Å². The van der Waals surface area contributed by atoms with Gasteiger partial charge in [-0.15, -0.1) is 0 Å². The van der Waals surface area contributed by atoms with Gasteiger partial charge in [-0.2, -0.15) is 0 Å². The van der Waals surface area contributed by atoms with Gasteiger partial charge in [-0.1, -0.05) is 50.8 Å². The molecular weight excluding hydrogens is 170 g/mol. The SMILES string of the molecule is C=Cc1ccccc1C(C)NC(C)C. The first-order valence-electron chi connectivity index (χ1n) is 5.12. The average molecular weight is 189 g/mol. The maximum absolute atomic E-state index is 3.83. The predicted octanol–water partition coefficient (Wildman–Crippen LogP) is 3.39. The molecule has 0 fully saturated rings. The zero-order chi connectivity index (χ0) is 10.6. The first kappa shape index (κ1) is 11.0. The molecule has 0 aromatic heterocycles. The highest BCUT2D eigenvalue weighted by Crippen LogP contribution is 2.18. The Hall–Kier alpha value is -1.08. The third-order valence-electron chi connectivity index (χ3n) is 2.27. The molecule has 76 valence electrons. The fourth-order valence-corrected chi connectivity index (χ4v) is 1.68. The molecule has 0 amide bonds. The molecule has 1 nitrogen and oxygen atoms in total. The molecule has 0 saturated heterocycles. The number of benzene rings is 1. The molecule has 0 saturated carbocycles. The Bertz CT molecular complexity index is 302. The predicted molar refractivity (Wildman–Crippen MR) is 63.2 cm³/mol. The van der Waals surface area contributed by atoms with Crippen molar-refractivity contribution in [3.63, 3.8) is 0 Å². The lowest BCUT2D eigenvalue weighted by atomic mass is 10.0. The van der Waals surface area contributed by atoms with Crippen molar-refractivity contribution in [1.82, 2.24) is 5.32 Å². The van der Waals surface area contributed by atoms with E-state index in [1.165, 1.54) is 11.1 Å². The van der Waals surface area contributed by atoms with Crippen LogP contribution in [0.5, 0.6) is 0 Å². The average Bonchev–Trinajstić information content (AvgIpc) is 2.16. The molecule has 1 N–H and O–H groups in total. The molecule has 0 bridgehead atoms. The van der Waals surface area contributed by atoms with E-state index >= 15 is 0 Å². The molecular formula is C13H19N. The summed E-state index contributed by atoms with van der Waals surface area (Å²) >= 11 is 0. The van der Waals surface area contributed by atoms with Crippen molar-refractivity contribution in [2.75, 3.05) is 0 Å². The van der Waals surface area contributed by atoms with Gasteiger partial charge in [0, 0.05) is 12.1 Å². The summed E-state index contributed by atoms with van der Waals surface area (Å²) in [6.07, 6.45) is 1.91. The third kappa shape index (κ3) is 2.71. The minimum absolute atomic E-state index is 0.379. The lowest BCUT2D eigenvalue weighted by Crippen LogP contribution is -2.26. The monoisotopic (exact) mass is 189 g/mol. The number of rotatable bonds is 4. The van der Waals surface area contributed by atoms with E-state index in [2.05, 4.69) is 50.9 Å². The van der Waals surface area contributed by atoms with Gasteiger partial charge in [0.2, 0.25) is 0 Å². The van der Waals surface area contributed by atoms with Gasteiger partial charge < -0.3 is 5.32 Å². The maximum atomic E-state index is 3.83. The van der Waals surface area contributed by atoms with Crippen LogP contribution in [0.1, 0.15) is 37.9 Å². The lowest BCUT2D eigenvalue weighted by Gasteiger charge is -2.19. The van der Waals surface area contributed by atoms with Crippen molar-refractivity contribution in [3.8, 4) is 0 Å². The van der Waals surface area contributed by atoms with E-state index < -0.39 is 0 Å². The second kappa shape index (κ2) is 4.97. The highest BCUT2D eigenvalue weighted by molar-refractivity contribution is 5.52. The van der Waals surface area contributed by atoms with Gasteiger partial charge in [0.15, 0.2) is 0 Å². The zero-order valence-corrected chi connectivity index (χ0v) is 9.25. The molecule has 1 heteroatoms. The van der Waals surface area contributed by atoms with E-state index in [0.717, 1.165) is 0 Å². The Morgan fingerprint density at radius 3 is 2.43 bits per heavy atom. The largest absolute Gasteiger partial charge is 0.308 e. The summed E-state index contributed by atoms with van der Waals surface area (Å²) in [4.78, 5) is 0. The van der Waals surface area contributed by atoms with Crippen molar-refractivity contribution < 1.29 is 0 Å². The van der Waals surface area contributed by atoms with Crippen LogP contribution in [-0.2, 0) is 0 Å². The fourth-order valence-electron chi connectivity index (χ4n) is 1.68. The smallest absolute Gasteiger partial charge is 0.0300 e. The summed E-state index contributed by atoms with van der Waals surface area (Å²) in [5.74, 6) is 0. The van der Waals surface area contributed by atoms with Crippen LogP contribution in [-0.4, -0.2) is 6.04 Å². The van der Waals surface area contributed by atoms with Crippen LogP contribution in [0, 0.1) is 0 Å². The van der Waals surface area contributed by atoms with Crippen LogP contribution in [0.4, 0.5) is 0 Å². The molecule has 1 aromatic rings. The van der Waals surface area contributed by atoms with Gasteiger partial charge in [0.05, 0.1) is 0 Å². The Morgan fingerprint density at radius 2 is 1.86 bits per heavy atom. The molecule has 1 atom stereocenters. The van der Waals surface area contributed by atoms with Crippen molar-refractivity contribution in [2.24, 2.45) is 0 Å². The normalized spacial score (nSPS) is 12.9. The molecule has 1 aromatic carbocycles. The minimum atomic E-state index is 0.379. The van der Waals surface area contributed by atoms with Gasteiger partial charge in [-0.25, -0.2) is 0 Å². The second-order valence-electron chi connectivity index (χ2n) is 3.88. The number of nitrogens with one attached hydrogen (secondary N) is 1. The number of hydrogen-bond acceptors (Lipinski definition) is 1. The fraction of sp³-hybridized carbons (Fsp3) is 0.385. The Labute approximate surface area is 86.8 Å². The van der Waals surface area contributed by atoms with Crippen molar-refractivity contribution in [1.29, 1.82) is 0 Å². The van der Waals surface area contributed by atoms with E-state index in [-0.39, 0.29) is 0 Å². The molecule has 0 heterocycles. The summed E-state index contributed by atoms with van der Waals surface area (Å²) in [6, 6.07) is 9.24. The van der Waals surface area contributed by atoms with Gasteiger partial charge >= 0.3 is 0 Å². The molecule has 0 radical (unpaired) electrons. The van der Waals surface area contributed by atoms with Gasteiger partial charge in [0.25, 0.3) is 0 Å². The van der Waals surface area contributed by atoms with Crippen LogP contribution < -0.4 is 5.32 Å². The summed E-state index contributed by atoms with van der Waals surface area (Å²) in [7, 11) is 0. The van der Waals surface area contributed by atoms with Gasteiger partial charge in [0.1, 0.15) is 0 Å². The van der Waals surface area contributed by atoms with E-state index in [9.17, 15) is 0 Å². The zero-order valence-electron chi connectivity index (χ0n) is 9.25. The molecule has 0 aliphatic heterocycles. The van der Waals surface area contributed by atoms with Crippen molar-refractivity contribution in [2.45, 2.75) is 32.9 Å². The van der Waals surface area contributed by atoms with E-state index in [1.807, 2.05) is 12.1 Å². The lowest BCUT2D eigenvalue weighted by molar-refractivity contribution is 0.506. The molecule has 1 unspecified atom stereocenters. The van der Waals surface area contributed by atoms with E-state index in [1.54, 1.807) is 0 Å². The molecule has 1 rings (SSSR count). The quantitative estimate of drug-likeness (QED) is 0.765. The Morgan fingerprint density at radius 1 is 1.21 bits per heavy atom. The first-order valence-corrected chi connectivity index (χ1v) is 5.12. The molecule has 0 aliphatic carbocycles. The van der Waals surface area contributed by atoms with E-state index in [4.69, 9.17) is 0 Å². The summed E-state index contributed by atoms with van der Waals surface area (Å²) in [5, 5.41) is 3.49. The maximum Gasteiger partial charge on any atom is 0.0300 e. The third-order valence-corrected chi connectivity index (χ3v) is 2.27. The highest BCUT2D eigenvalue weighted by atomic mass is 14.9. The van der Waals surface area contributed by atoms with E-state index in [0.29, 0.717) is 12.1 Å². The van der Waals surface area contributed by atoms with Crippen LogP contribution in [0.25, 0.3) is 6.08 Å². The van der Waals surface area contributed by atoms with Crippen LogP contribution >= 0.6 is 0 Å². The highest BCUT2D eigenvalue weighted by Gasteiger charge is 2.08. The summed E-state index contributed by atoms with van der Waals surface area (Å²) < 4.78 is 0. The minimum Gasteiger partial charge on any atom is -0.308 e. The van der Waals surface area contributed by atoms with Crippen molar-refractivity contribution >= 4 is 6.08 Å². The van der Waals surface area contributed by atoms with Crippen LogP contribution in [0.15, 0.2) is 30.8 Å². The molecule has 0 spiro atoms. The van der Waals surface area contributed by atoms with Crippen molar-refractivity contribution in [3.05, 3.63) is 42.0 Å². The standard InChI is InChI=1S/C13H19N/c1-5-12-8-6-7-9-13(12)11(4)14-10(2)3/h5-11,14H,1H2,2-4H3. The van der Waals surface area contributed by atoms with Gasteiger partial charge in [-0.05, 0) is 18.1 Å². The Balaban J connectivity index is 2.88. The topological polar surface area (TPSA) is 12.0 Å².